The van der Waals surface area contributed by atoms with Crippen molar-refractivity contribution in [1.82, 2.24) is 5.32 Å². The van der Waals surface area contributed by atoms with Crippen LogP contribution in [-0.2, 0) is 0 Å². The van der Waals surface area contributed by atoms with Crippen LogP contribution in [0.1, 0.15) is 39.1 Å². The Balaban J connectivity index is 1.92. The number of halogens is 1. The molecule has 1 aromatic carbocycles. The molecule has 1 nitrogen and oxygen atoms in total. The van der Waals surface area contributed by atoms with Crippen LogP contribution in [0.3, 0.4) is 0 Å². The quantitative estimate of drug-likeness (QED) is 0.805. The fourth-order valence-electron chi connectivity index (χ4n) is 3.03. The number of hydrogen-bond donors (Lipinski definition) is 1. The van der Waals surface area contributed by atoms with Gasteiger partial charge in [-0.3, -0.25) is 0 Å². The number of benzene rings is 1. The minimum atomic E-state index is 0.592. The van der Waals surface area contributed by atoms with Crippen LogP contribution in [0.15, 0.2) is 34.8 Å². The molecule has 2 unspecified atom stereocenters. The van der Waals surface area contributed by atoms with Gasteiger partial charge < -0.3 is 5.32 Å². The van der Waals surface area contributed by atoms with Crippen molar-refractivity contribution < 1.29 is 0 Å². The number of thiophene rings is 1. The normalized spacial score (nSPS) is 22.9. The third kappa shape index (κ3) is 2.85. The van der Waals surface area contributed by atoms with Crippen LogP contribution in [0.2, 0.25) is 0 Å². The van der Waals surface area contributed by atoms with Gasteiger partial charge in [0.05, 0.1) is 0 Å². The van der Waals surface area contributed by atoms with Gasteiger partial charge in [-0.1, -0.05) is 29.8 Å². The lowest BCUT2D eigenvalue weighted by atomic mass is 9.80. The van der Waals surface area contributed by atoms with Crippen LogP contribution in [0, 0.1) is 13.8 Å². The highest BCUT2D eigenvalue weighted by Crippen LogP contribution is 2.42. The van der Waals surface area contributed by atoms with Gasteiger partial charge >= 0.3 is 0 Å². The molecule has 2 atom stereocenters. The standard InChI is InChI=1S/C17H20BrNS/c1-11-3-5-13(6-4-11)15-10-19-8-7-14(15)17-9-16(18)12(2)20-17/h3-6,9,14-15,19H,7-8,10H2,1-2H3. The van der Waals surface area contributed by atoms with Gasteiger partial charge in [0, 0.05) is 32.6 Å². The molecule has 1 N–H and O–H groups in total. The minimum Gasteiger partial charge on any atom is -0.316 e. The van der Waals surface area contributed by atoms with Crippen molar-refractivity contribution in [1.29, 1.82) is 0 Å². The smallest absolute Gasteiger partial charge is 0.0314 e. The molecule has 1 fully saturated rings. The molecule has 1 aliphatic heterocycles. The summed E-state index contributed by atoms with van der Waals surface area (Å²) in [6.45, 7) is 6.56. The number of hydrogen-bond acceptors (Lipinski definition) is 2. The number of nitrogens with one attached hydrogen (secondary N) is 1. The Labute approximate surface area is 133 Å². The second kappa shape index (κ2) is 6.00. The monoisotopic (exact) mass is 349 g/mol. The number of aryl methyl sites for hydroxylation is 2. The summed E-state index contributed by atoms with van der Waals surface area (Å²) in [6.07, 6.45) is 1.23. The zero-order valence-corrected chi connectivity index (χ0v) is 14.4. The van der Waals surface area contributed by atoms with E-state index in [2.05, 4.69) is 65.4 Å². The highest BCUT2D eigenvalue weighted by molar-refractivity contribution is 9.10. The van der Waals surface area contributed by atoms with E-state index in [1.807, 2.05) is 11.3 Å². The first-order chi connectivity index (χ1) is 9.65. The van der Waals surface area contributed by atoms with Gasteiger partial charge in [0.25, 0.3) is 0 Å². The summed E-state index contributed by atoms with van der Waals surface area (Å²) < 4.78 is 1.26. The Morgan fingerprint density at radius 2 is 1.90 bits per heavy atom. The van der Waals surface area contributed by atoms with Crippen LogP contribution in [0.5, 0.6) is 0 Å². The molecule has 3 heteroatoms. The lowest BCUT2D eigenvalue weighted by Crippen LogP contribution is -2.33. The fraction of sp³-hybridized carbons (Fsp3) is 0.412. The second-order valence-electron chi connectivity index (χ2n) is 5.67. The van der Waals surface area contributed by atoms with Crippen molar-refractivity contribution in [2.45, 2.75) is 32.1 Å². The molecule has 3 rings (SSSR count). The molecule has 0 amide bonds. The molecule has 1 aromatic heterocycles. The van der Waals surface area contributed by atoms with Crippen LogP contribution in [0.4, 0.5) is 0 Å². The maximum atomic E-state index is 3.66. The maximum absolute atomic E-state index is 3.66. The summed E-state index contributed by atoms with van der Waals surface area (Å²) >= 11 is 5.61. The van der Waals surface area contributed by atoms with Crippen molar-refractivity contribution in [2.24, 2.45) is 0 Å². The van der Waals surface area contributed by atoms with Gasteiger partial charge in [0.2, 0.25) is 0 Å². The molecule has 0 radical (unpaired) electrons. The van der Waals surface area contributed by atoms with Gasteiger partial charge in [0.1, 0.15) is 0 Å². The third-order valence-electron chi connectivity index (χ3n) is 4.23. The molecule has 0 aliphatic carbocycles. The van der Waals surface area contributed by atoms with E-state index in [-0.39, 0.29) is 0 Å². The molecule has 1 saturated heterocycles. The second-order valence-corrected chi connectivity index (χ2v) is 7.81. The van der Waals surface area contributed by atoms with Crippen LogP contribution in [-0.4, -0.2) is 13.1 Å². The van der Waals surface area contributed by atoms with Crippen molar-refractivity contribution >= 4 is 27.3 Å². The zero-order valence-electron chi connectivity index (χ0n) is 11.9. The molecule has 20 heavy (non-hydrogen) atoms. The summed E-state index contributed by atoms with van der Waals surface area (Å²) in [7, 11) is 0. The minimum absolute atomic E-state index is 0.592. The molecular formula is C17H20BrNS. The predicted molar refractivity (Wildman–Crippen MR) is 90.9 cm³/mol. The van der Waals surface area contributed by atoms with Crippen molar-refractivity contribution in [2.75, 3.05) is 13.1 Å². The van der Waals surface area contributed by atoms with Crippen LogP contribution in [0.25, 0.3) is 0 Å². The number of piperidine rings is 1. The average Bonchev–Trinajstić information content (AvgIpc) is 2.79. The van der Waals surface area contributed by atoms with E-state index >= 15 is 0 Å². The zero-order chi connectivity index (χ0) is 14.1. The fourth-order valence-corrected chi connectivity index (χ4v) is 4.79. The van der Waals surface area contributed by atoms with E-state index < -0.39 is 0 Å². The van der Waals surface area contributed by atoms with Gasteiger partial charge in [-0.05, 0) is 54.4 Å². The first kappa shape index (κ1) is 14.3. The summed E-state index contributed by atoms with van der Waals surface area (Å²) in [5, 5.41) is 3.56. The molecular weight excluding hydrogens is 330 g/mol. The van der Waals surface area contributed by atoms with Gasteiger partial charge in [-0.15, -0.1) is 11.3 Å². The lowest BCUT2D eigenvalue weighted by Gasteiger charge is -2.32. The lowest BCUT2D eigenvalue weighted by molar-refractivity contribution is 0.408. The van der Waals surface area contributed by atoms with Crippen molar-refractivity contribution in [3.8, 4) is 0 Å². The summed E-state index contributed by atoms with van der Waals surface area (Å²) in [4.78, 5) is 2.92. The van der Waals surface area contributed by atoms with Crippen molar-refractivity contribution in [3.63, 3.8) is 0 Å². The Bertz CT molecular complexity index is 568. The Morgan fingerprint density at radius 1 is 1.15 bits per heavy atom. The molecule has 0 bridgehead atoms. The van der Waals surface area contributed by atoms with Gasteiger partial charge in [-0.25, -0.2) is 0 Å². The average molecular weight is 350 g/mol. The van der Waals surface area contributed by atoms with E-state index in [4.69, 9.17) is 0 Å². The van der Waals surface area contributed by atoms with Crippen molar-refractivity contribution in [3.05, 3.63) is 55.7 Å². The highest BCUT2D eigenvalue weighted by atomic mass is 79.9. The third-order valence-corrected chi connectivity index (χ3v) is 6.50. The van der Waals surface area contributed by atoms with Crippen LogP contribution >= 0.6 is 27.3 Å². The highest BCUT2D eigenvalue weighted by Gasteiger charge is 2.29. The largest absolute Gasteiger partial charge is 0.316 e. The van der Waals surface area contributed by atoms with E-state index in [1.54, 1.807) is 0 Å². The number of rotatable bonds is 2. The van der Waals surface area contributed by atoms with E-state index in [1.165, 1.54) is 31.8 Å². The topological polar surface area (TPSA) is 12.0 Å². The molecule has 2 heterocycles. The molecule has 2 aromatic rings. The predicted octanol–water partition coefficient (Wildman–Crippen LogP) is 4.99. The first-order valence-corrected chi connectivity index (χ1v) is 8.79. The summed E-state index contributed by atoms with van der Waals surface area (Å²) in [6, 6.07) is 11.4. The molecule has 1 aliphatic rings. The van der Waals surface area contributed by atoms with Crippen LogP contribution < -0.4 is 5.32 Å². The van der Waals surface area contributed by atoms with Gasteiger partial charge in [-0.2, -0.15) is 0 Å². The Hall–Kier alpha value is -0.640. The Kier molecular flexibility index (Phi) is 4.29. The SMILES string of the molecule is Cc1ccc(C2CNCCC2c2cc(Br)c(C)s2)cc1. The van der Waals surface area contributed by atoms with Gasteiger partial charge in [0.15, 0.2) is 0 Å². The van der Waals surface area contributed by atoms with E-state index in [0.717, 1.165) is 13.1 Å². The van der Waals surface area contributed by atoms with E-state index in [9.17, 15) is 0 Å². The molecule has 106 valence electrons. The Morgan fingerprint density at radius 3 is 2.55 bits per heavy atom. The summed E-state index contributed by atoms with van der Waals surface area (Å²) in [5.74, 6) is 1.24. The van der Waals surface area contributed by atoms with E-state index in [0.29, 0.717) is 11.8 Å². The molecule has 0 spiro atoms. The summed E-state index contributed by atoms with van der Waals surface area (Å²) in [5.41, 5.74) is 2.80. The first-order valence-electron chi connectivity index (χ1n) is 7.18. The maximum Gasteiger partial charge on any atom is 0.0314 e. The molecule has 0 saturated carbocycles.